The lowest BCUT2D eigenvalue weighted by Crippen LogP contribution is -2.44. The van der Waals surface area contributed by atoms with Crippen LogP contribution in [0.25, 0.3) is 0 Å². The van der Waals surface area contributed by atoms with E-state index in [2.05, 4.69) is 0 Å². The second-order valence-corrected chi connectivity index (χ2v) is 8.98. The maximum Gasteiger partial charge on any atom is 0.343 e. The first-order valence-corrected chi connectivity index (χ1v) is 11.4. The number of ether oxygens (including phenoxy) is 1. The molecule has 35 heavy (non-hydrogen) atoms. The van der Waals surface area contributed by atoms with E-state index in [9.17, 15) is 27.5 Å². The molecule has 0 radical (unpaired) electrons. The number of carbonyl (C=O) groups is 1. The van der Waals surface area contributed by atoms with Gasteiger partial charge in [-0.1, -0.05) is 36.4 Å². The van der Waals surface area contributed by atoms with Gasteiger partial charge in [-0.2, -0.15) is 0 Å². The summed E-state index contributed by atoms with van der Waals surface area (Å²) in [5.41, 5.74) is -1.35. The molecule has 3 aromatic rings. The Morgan fingerprint density at radius 1 is 1.20 bits per heavy atom. The molecule has 2 atom stereocenters. The van der Waals surface area contributed by atoms with Gasteiger partial charge in [0.15, 0.2) is 17.2 Å². The van der Waals surface area contributed by atoms with Crippen LogP contribution in [0.5, 0.6) is 0 Å². The van der Waals surface area contributed by atoms with Crippen molar-refractivity contribution >= 4 is 5.97 Å². The number of aromatic nitrogens is 2. The normalized spacial score (nSPS) is 18.9. The van der Waals surface area contributed by atoms with Crippen LogP contribution < -0.4 is 4.57 Å². The molecular weight excluding hydrogens is 464 g/mol. The van der Waals surface area contributed by atoms with Crippen molar-refractivity contribution in [1.29, 1.82) is 0 Å². The highest BCUT2D eigenvalue weighted by Gasteiger charge is 2.54. The molecule has 0 spiro atoms. The number of aliphatic hydroxyl groups is 1. The van der Waals surface area contributed by atoms with Gasteiger partial charge in [0, 0.05) is 25.7 Å². The standard InChI is InChI=1S/C26H27F4N2O3/c1-18-31(11-12-32(18)17-19-7-8-22(27)23(28)15-19)13-14-35-24(33)26(34,20-5-3-2-4-6-20)21-9-10-25(29,30)16-21/h2-8,11-12,15,21,34H,9-10,13-14,16-17H2,1H3/q+1/t21-,26+/m1/s1. The second kappa shape index (κ2) is 9.81. The lowest BCUT2D eigenvalue weighted by atomic mass is 9.80. The summed E-state index contributed by atoms with van der Waals surface area (Å²) in [5.74, 6) is -5.90. The Balaban J connectivity index is 1.43. The van der Waals surface area contributed by atoms with Crippen molar-refractivity contribution in [2.45, 2.75) is 50.8 Å². The summed E-state index contributed by atoms with van der Waals surface area (Å²) >= 11 is 0. The number of alkyl halides is 2. The van der Waals surface area contributed by atoms with E-state index < -0.39 is 41.5 Å². The van der Waals surface area contributed by atoms with Crippen molar-refractivity contribution in [3.8, 4) is 0 Å². The van der Waals surface area contributed by atoms with E-state index in [4.69, 9.17) is 4.74 Å². The Morgan fingerprint density at radius 3 is 2.60 bits per heavy atom. The van der Waals surface area contributed by atoms with Gasteiger partial charge in [0.05, 0.1) is 0 Å². The van der Waals surface area contributed by atoms with Gasteiger partial charge >= 0.3 is 5.97 Å². The fourth-order valence-electron chi connectivity index (χ4n) is 4.65. The summed E-state index contributed by atoms with van der Waals surface area (Å²) < 4.78 is 63.5. The van der Waals surface area contributed by atoms with Crippen LogP contribution in [0.4, 0.5) is 17.6 Å². The highest BCUT2D eigenvalue weighted by Crippen LogP contribution is 2.47. The van der Waals surface area contributed by atoms with Crippen molar-refractivity contribution in [3.05, 3.63) is 89.5 Å². The van der Waals surface area contributed by atoms with Gasteiger partial charge in [-0.15, -0.1) is 0 Å². The van der Waals surface area contributed by atoms with Crippen LogP contribution >= 0.6 is 0 Å². The minimum Gasteiger partial charge on any atom is -0.459 e. The zero-order chi connectivity index (χ0) is 25.2. The maximum absolute atomic E-state index is 13.9. The summed E-state index contributed by atoms with van der Waals surface area (Å²) in [6, 6.07) is 11.8. The predicted molar refractivity (Wildman–Crippen MR) is 118 cm³/mol. The highest BCUT2D eigenvalue weighted by molar-refractivity contribution is 5.81. The van der Waals surface area contributed by atoms with Crippen molar-refractivity contribution in [2.24, 2.45) is 5.92 Å². The second-order valence-electron chi connectivity index (χ2n) is 8.98. The monoisotopic (exact) mass is 491 g/mol. The Labute approximate surface area is 200 Å². The highest BCUT2D eigenvalue weighted by atomic mass is 19.3. The van der Waals surface area contributed by atoms with Crippen LogP contribution in [0, 0.1) is 24.5 Å². The molecule has 1 heterocycles. The van der Waals surface area contributed by atoms with E-state index >= 15 is 0 Å². The van der Waals surface area contributed by atoms with Crippen molar-refractivity contribution in [3.63, 3.8) is 0 Å². The molecule has 1 aromatic heterocycles. The third-order valence-corrected chi connectivity index (χ3v) is 6.68. The molecule has 0 unspecified atom stereocenters. The smallest absolute Gasteiger partial charge is 0.343 e. The fourth-order valence-corrected chi connectivity index (χ4v) is 4.65. The van der Waals surface area contributed by atoms with E-state index in [0.717, 1.165) is 18.0 Å². The maximum atomic E-state index is 13.9. The Morgan fingerprint density at radius 2 is 1.94 bits per heavy atom. The van der Waals surface area contributed by atoms with Crippen LogP contribution in [-0.4, -0.2) is 28.2 Å². The third-order valence-electron chi connectivity index (χ3n) is 6.68. The first kappa shape index (κ1) is 24.9. The first-order valence-electron chi connectivity index (χ1n) is 11.4. The molecule has 0 aliphatic heterocycles. The number of nitrogens with zero attached hydrogens (tertiary/aromatic N) is 2. The molecule has 0 saturated heterocycles. The van der Waals surface area contributed by atoms with E-state index in [-0.39, 0.29) is 31.6 Å². The molecule has 2 aromatic carbocycles. The van der Waals surface area contributed by atoms with E-state index in [1.165, 1.54) is 18.2 Å². The van der Waals surface area contributed by atoms with Crippen molar-refractivity contribution in [1.82, 2.24) is 4.57 Å². The molecule has 1 fully saturated rings. The van der Waals surface area contributed by atoms with Gasteiger partial charge < -0.3 is 9.84 Å². The molecule has 1 N–H and O–H groups in total. The first-order chi connectivity index (χ1) is 16.6. The van der Waals surface area contributed by atoms with Gasteiger partial charge in [-0.3, -0.25) is 0 Å². The summed E-state index contributed by atoms with van der Waals surface area (Å²) in [6.45, 7) is 2.31. The summed E-state index contributed by atoms with van der Waals surface area (Å²) in [4.78, 5) is 13.0. The lowest BCUT2D eigenvalue weighted by molar-refractivity contribution is -0.694. The summed E-state index contributed by atoms with van der Waals surface area (Å²) in [5, 5.41) is 11.4. The number of hydrogen-bond donors (Lipinski definition) is 1. The molecular formula is C26H27F4N2O3+. The SMILES string of the molecule is Cc1n(CCOC(=O)[C@](O)(c2ccccc2)[C@@H]2CCC(F)(F)C2)cc[n+]1Cc1ccc(F)c(F)c1. The largest absolute Gasteiger partial charge is 0.459 e. The van der Waals surface area contributed by atoms with Gasteiger partial charge in [0.1, 0.15) is 32.1 Å². The Hall–Kier alpha value is -3.20. The number of halogens is 4. The number of hydrogen-bond acceptors (Lipinski definition) is 3. The lowest BCUT2D eigenvalue weighted by Gasteiger charge is -2.32. The van der Waals surface area contributed by atoms with Gasteiger partial charge in [0.2, 0.25) is 5.92 Å². The predicted octanol–water partition coefficient (Wildman–Crippen LogP) is 4.28. The van der Waals surface area contributed by atoms with Gasteiger partial charge in [0.25, 0.3) is 5.82 Å². The molecule has 5 nitrogen and oxygen atoms in total. The molecule has 1 saturated carbocycles. The molecule has 1 aliphatic rings. The molecule has 0 bridgehead atoms. The van der Waals surface area contributed by atoms with Crippen LogP contribution in [0.2, 0.25) is 0 Å². The average Bonchev–Trinajstić information content (AvgIpc) is 3.38. The van der Waals surface area contributed by atoms with E-state index in [1.807, 2.05) is 11.5 Å². The summed E-state index contributed by atoms with van der Waals surface area (Å²) in [7, 11) is 0. The van der Waals surface area contributed by atoms with Gasteiger partial charge in [-0.25, -0.2) is 31.5 Å². The van der Waals surface area contributed by atoms with Gasteiger partial charge in [-0.05, 0) is 29.7 Å². The molecule has 1 aliphatic carbocycles. The van der Waals surface area contributed by atoms with Crippen LogP contribution in [-0.2, 0) is 28.2 Å². The number of carbonyl (C=O) groups excluding carboxylic acids is 1. The minimum atomic E-state index is -2.93. The summed E-state index contributed by atoms with van der Waals surface area (Å²) in [6.07, 6.45) is 2.55. The molecule has 186 valence electrons. The van der Waals surface area contributed by atoms with Crippen molar-refractivity contribution in [2.75, 3.05) is 6.61 Å². The average molecular weight is 492 g/mol. The zero-order valence-electron chi connectivity index (χ0n) is 19.3. The minimum absolute atomic E-state index is 0.00812. The van der Waals surface area contributed by atoms with Crippen molar-refractivity contribution < 1.29 is 36.8 Å². The Bertz CT molecular complexity index is 1200. The number of esters is 1. The number of rotatable bonds is 8. The number of imidazole rings is 1. The Kier molecular flexibility index (Phi) is 6.98. The molecule has 4 rings (SSSR count). The van der Waals surface area contributed by atoms with Crippen LogP contribution in [0.3, 0.4) is 0 Å². The third kappa shape index (κ3) is 5.24. The zero-order valence-corrected chi connectivity index (χ0v) is 19.3. The quantitative estimate of drug-likeness (QED) is 0.291. The van der Waals surface area contributed by atoms with E-state index in [0.29, 0.717) is 12.1 Å². The fraction of sp³-hybridized carbons (Fsp3) is 0.385. The molecule has 9 heteroatoms. The van der Waals surface area contributed by atoms with Crippen LogP contribution in [0.15, 0.2) is 60.9 Å². The van der Waals surface area contributed by atoms with E-state index in [1.54, 1.807) is 35.2 Å². The number of benzene rings is 2. The van der Waals surface area contributed by atoms with Crippen LogP contribution in [0.1, 0.15) is 36.2 Å². The topological polar surface area (TPSA) is 55.3 Å². The molecule has 0 amide bonds.